The Bertz CT molecular complexity index is 325. The van der Waals surface area contributed by atoms with E-state index < -0.39 is 12.8 Å². The number of carbonyl (C=O) groups excluding carboxylic acids is 1. The van der Waals surface area contributed by atoms with Crippen LogP contribution in [0, 0.1) is 0 Å². The molecule has 0 fully saturated rings. The van der Waals surface area contributed by atoms with Gasteiger partial charge in [-0.05, 0) is 11.6 Å². The minimum Gasteiger partial charge on any atom is -0.301 e. The lowest BCUT2D eigenvalue weighted by atomic mass is 10.7. The Hall–Kier alpha value is -0.680. The van der Waals surface area contributed by atoms with Crippen molar-refractivity contribution in [3.8, 4) is 0 Å². The van der Waals surface area contributed by atoms with Crippen LogP contribution in [0.2, 0.25) is 4.47 Å². The van der Waals surface area contributed by atoms with Crippen molar-refractivity contribution in [1.82, 2.24) is 10.2 Å². The van der Waals surface area contributed by atoms with E-state index in [-0.39, 0.29) is 9.60 Å². The number of nitrogens with one attached hydrogen (secondary N) is 1. The van der Waals surface area contributed by atoms with Crippen molar-refractivity contribution in [2.45, 2.75) is 6.85 Å². The van der Waals surface area contributed by atoms with E-state index in [4.69, 9.17) is 15.7 Å². The van der Waals surface area contributed by atoms with Gasteiger partial charge in [0.15, 0.2) is 0 Å². The lowest BCUT2D eigenvalue weighted by Gasteiger charge is -1.89. The van der Waals surface area contributed by atoms with Crippen molar-refractivity contribution in [2.24, 2.45) is 0 Å². The van der Waals surface area contributed by atoms with Gasteiger partial charge in [0, 0.05) is 11.0 Å². The molecule has 0 saturated heterocycles. The molecule has 0 aliphatic heterocycles. The van der Waals surface area contributed by atoms with Crippen LogP contribution in [0.1, 0.15) is 11.0 Å². The third kappa shape index (κ3) is 1.93. The van der Waals surface area contributed by atoms with Gasteiger partial charge in [-0.25, -0.2) is 0 Å². The molecule has 6 heteroatoms. The third-order valence-electron chi connectivity index (χ3n) is 0.621. The molecule has 1 N–H and O–H groups in total. The molecule has 0 radical (unpaired) electrons. The normalized spacial score (nSPS) is 15.1. The highest BCUT2D eigenvalue weighted by molar-refractivity contribution is 7.19. The number of anilines is 1. The highest BCUT2D eigenvalue weighted by atomic mass is 35.5. The molecular weight excluding hydrogens is 174 g/mol. The molecule has 54 valence electrons. The summed E-state index contributed by atoms with van der Waals surface area (Å²) in [6, 6.07) is 0. The molecule has 0 saturated carbocycles. The van der Waals surface area contributed by atoms with Gasteiger partial charge < -0.3 is 5.32 Å². The van der Waals surface area contributed by atoms with Crippen LogP contribution < -0.4 is 5.32 Å². The molecule has 0 atom stereocenters. The summed E-state index contributed by atoms with van der Waals surface area (Å²) >= 11 is 6.30. The average Bonchev–Trinajstić information content (AvgIpc) is 2.33. The molecule has 0 aliphatic carbocycles. The lowest BCUT2D eigenvalue weighted by Crippen LogP contribution is -2.04. The van der Waals surface area contributed by atoms with E-state index in [9.17, 15) is 4.79 Å². The van der Waals surface area contributed by atoms with Crippen LogP contribution in [0.3, 0.4) is 0 Å². The number of aromatic nitrogens is 2. The summed E-state index contributed by atoms with van der Waals surface area (Å²) in [5.41, 5.74) is 0. The van der Waals surface area contributed by atoms with Crippen LogP contribution in [0.4, 0.5) is 5.13 Å². The van der Waals surface area contributed by atoms with Crippen LogP contribution in [0.25, 0.3) is 0 Å². The zero-order valence-corrected chi connectivity index (χ0v) is 6.16. The first-order valence-electron chi connectivity index (χ1n) is 3.70. The van der Waals surface area contributed by atoms with E-state index in [1.165, 1.54) is 0 Å². The SMILES string of the molecule is [2H]C([2H])([2H])C(=O)Nc1nnc(Cl)s1. The average molecular weight is 181 g/mol. The fraction of sp³-hybridized carbons (Fsp3) is 0.250. The maximum absolute atomic E-state index is 10.9. The van der Waals surface area contributed by atoms with E-state index in [0.29, 0.717) is 0 Å². The number of halogens is 1. The Kier molecular flexibility index (Phi) is 1.25. The molecular formula is C4H4ClN3OS. The molecule has 1 aromatic rings. The van der Waals surface area contributed by atoms with E-state index in [1.54, 1.807) is 0 Å². The molecule has 1 aromatic heterocycles. The predicted molar refractivity (Wildman–Crippen MR) is 39.2 cm³/mol. The molecule has 0 unspecified atom stereocenters. The van der Waals surface area contributed by atoms with Crippen LogP contribution in [-0.4, -0.2) is 16.1 Å². The summed E-state index contributed by atoms with van der Waals surface area (Å²) in [6.07, 6.45) is 0. The van der Waals surface area contributed by atoms with Gasteiger partial charge in [0.2, 0.25) is 15.5 Å². The number of carbonyl (C=O) groups is 1. The monoisotopic (exact) mass is 180 g/mol. The zero-order valence-electron chi connectivity index (χ0n) is 7.59. The fourth-order valence-electron chi connectivity index (χ4n) is 0.353. The molecule has 0 bridgehead atoms. The van der Waals surface area contributed by atoms with E-state index in [1.807, 2.05) is 0 Å². The number of rotatable bonds is 1. The largest absolute Gasteiger partial charge is 0.301 e. The van der Waals surface area contributed by atoms with E-state index in [0.717, 1.165) is 11.3 Å². The highest BCUT2D eigenvalue weighted by Gasteiger charge is 2.01. The summed E-state index contributed by atoms with van der Waals surface area (Å²) in [6.45, 7) is -2.68. The Morgan fingerprint density at radius 1 is 1.90 bits per heavy atom. The minimum atomic E-state index is -2.68. The lowest BCUT2D eigenvalue weighted by molar-refractivity contribution is -0.114. The minimum absolute atomic E-state index is 0.0751. The van der Waals surface area contributed by atoms with Crippen molar-refractivity contribution in [3.05, 3.63) is 4.47 Å². The molecule has 1 rings (SSSR count). The Morgan fingerprint density at radius 3 is 3.20 bits per heavy atom. The maximum atomic E-state index is 10.9. The second kappa shape index (κ2) is 2.94. The number of hydrogen-bond donors (Lipinski definition) is 1. The van der Waals surface area contributed by atoms with Gasteiger partial charge in [-0.2, -0.15) is 0 Å². The topological polar surface area (TPSA) is 54.9 Å². The van der Waals surface area contributed by atoms with E-state index >= 15 is 0 Å². The molecule has 4 nitrogen and oxygen atoms in total. The number of amides is 1. The van der Waals surface area contributed by atoms with Gasteiger partial charge in [-0.3, -0.25) is 4.79 Å². The van der Waals surface area contributed by atoms with Crippen molar-refractivity contribution in [1.29, 1.82) is 0 Å². The maximum Gasteiger partial charge on any atom is 0.223 e. The van der Waals surface area contributed by atoms with Crippen LogP contribution in [0.5, 0.6) is 0 Å². The third-order valence-corrected chi connectivity index (χ3v) is 1.56. The first kappa shape index (κ1) is 4.25. The second-order valence-corrected chi connectivity index (χ2v) is 2.87. The summed E-state index contributed by atoms with van der Waals surface area (Å²) in [4.78, 5) is 10.9. The van der Waals surface area contributed by atoms with E-state index in [2.05, 4.69) is 15.5 Å². The van der Waals surface area contributed by atoms with Gasteiger partial charge in [0.05, 0.1) is 0 Å². The summed E-state index contributed by atoms with van der Waals surface area (Å²) in [5, 5.41) is 8.95. The predicted octanol–water partition coefficient (Wildman–Crippen LogP) is 1.15. The van der Waals surface area contributed by atoms with Gasteiger partial charge >= 0.3 is 0 Å². The molecule has 0 spiro atoms. The standard InChI is InChI=1S/C4H4ClN3OS/c1-2(9)6-4-8-7-3(5)10-4/h1H3,(H,6,8,9)/i1D3. The molecule has 1 heterocycles. The Labute approximate surface area is 70.4 Å². The first-order valence-corrected chi connectivity index (χ1v) is 3.39. The van der Waals surface area contributed by atoms with Crippen LogP contribution in [0.15, 0.2) is 0 Å². The molecule has 0 aliphatic rings. The number of nitrogens with zero attached hydrogens (tertiary/aromatic N) is 2. The summed E-state index contributed by atoms with van der Waals surface area (Å²) in [7, 11) is 0. The number of hydrogen-bond acceptors (Lipinski definition) is 4. The molecule has 0 aromatic carbocycles. The van der Waals surface area contributed by atoms with Crippen molar-refractivity contribution >= 4 is 34.0 Å². The molecule has 10 heavy (non-hydrogen) atoms. The quantitative estimate of drug-likeness (QED) is 0.706. The molecule has 1 amide bonds. The van der Waals surface area contributed by atoms with Gasteiger partial charge in [0.1, 0.15) is 0 Å². The van der Waals surface area contributed by atoms with Crippen molar-refractivity contribution < 1.29 is 8.91 Å². The highest BCUT2D eigenvalue weighted by Crippen LogP contribution is 2.18. The summed E-state index contributed by atoms with van der Waals surface area (Å²) < 4.78 is 20.4. The smallest absolute Gasteiger partial charge is 0.223 e. The van der Waals surface area contributed by atoms with Gasteiger partial charge in [-0.15, -0.1) is 10.2 Å². The first-order chi connectivity index (χ1) is 5.89. The van der Waals surface area contributed by atoms with Crippen LogP contribution in [-0.2, 0) is 4.79 Å². The second-order valence-electron chi connectivity index (χ2n) is 1.31. The summed E-state index contributed by atoms with van der Waals surface area (Å²) in [5.74, 6) is -1.10. The zero-order chi connectivity index (χ0) is 10.1. The van der Waals surface area contributed by atoms with Gasteiger partial charge in [-0.1, -0.05) is 11.3 Å². The van der Waals surface area contributed by atoms with Crippen molar-refractivity contribution in [2.75, 3.05) is 5.32 Å². The Balaban J connectivity index is 2.65. The van der Waals surface area contributed by atoms with Gasteiger partial charge in [0.25, 0.3) is 0 Å². The Morgan fingerprint density at radius 2 is 2.70 bits per heavy atom. The van der Waals surface area contributed by atoms with Crippen molar-refractivity contribution in [3.63, 3.8) is 0 Å². The van der Waals surface area contributed by atoms with Crippen LogP contribution >= 0.6 is 22.9 Å². The fourth-order valence-corrected chi connectivity index (χ4v) is 1.08.